The van der Waals surface area contributed by atoms with Crippen LogP contribution in [-0.2, 0) is 19.1 Å². The van der Waals surface area contributed by atoms with Crippen molar-refractivity contribution in [3.63, 3.8) is 0 Å². The minimum Gasteiger partial charge on any atom is -0.481 e. The monoisotopic (exact) mass is 656 g/mol. The molecule has 1 aromatic carbocycles. The fourth-order valence-corrected chi connectivity index (χ4v) is 8.25. The van der Waals surface area contributed by atoms with E-state index in [0.717, 1.165) is 45.2 Å². The second-order valence-corrected chi connectivity index (χ2v) is 13.9. The van der Waals surface area contributed by atoms with E-state index < -0.39 is 24.3 Å². The van der Waals surface area contributed by atoms with Crippen molar-refractivity contribution in [3.8, 4) is 0 Å². The first kappa shape index (κ1) is 35.3. The Morgan fingerprint density at radius 1 is 1.09 bits per heavy atom. The van der Waals surface area contributed by atoms with Gasteiger partial charge in [-0.05, 0) is 93.3 Å². The van der Waals surface area contributed by atoms with Crippen LogP contribution in [0.25, 0.3) is 0 Å². The van der Waals surface area contributed by atoms with Gasteiger partial charge >= 0.3 is 5.97 Å². The number of ether oxygens (including phenoxy) is 2. The second-order valence-electron chi connectivity index (χ2n) is 13.9. The van der Waals surface area contributed by atoms with E-state index in [-0.39, 0.29) is 48.9 Å². The fourth-order valence-electron chi connectivity index (χ4n) is 8.25. The lowest BCUT2D eigenvalue weighted by molar-refractivity contribution is -0.145. The Hall–Kier alpha value is -2.99. The summed E-state index contributed by atoms with van der Waals surface area (Å²) >= 11 is 0. The number of aliphatic hydroxyl groups is 1. The van der Waals surface area contributed by atoms with Crippen LogP contribution in [0.5, 0.6) is 0 Å². The molecule has 1 amide bonds. The van der Waals surface area contributed by atoms with E-state index in [9.17, 15) is 24.2 Å². The molecule has 0 bridgehead atoms. The molecule has 3 fully saturated rings. The molecule has 2 N–H and O–H groups in total. The average molecular weight is 657 g/mol. The Kier molecular flexibility index (Phi) is 11.6. The third-order valence-corrected chi connectivity index (χ3v) is 10.6. The zero-order valence-corrected chi connectivity index (χ0v) is 28.6. The number of aliphatic carboxylic acids is 1. The van der Waals surface area contributed by atoms with Gasteiger partial charge in [-0.2, -0.15) is 0 Å². The van der Waals surface area contributed by atoms with Gasteiger partial charge in [0.1, 0.15) is 5.82 Å². The van der Waals surface area contributed by atoms with Crippen LogP contribution in [0, 0.1) is 36.4 Å². The largest absolute Gasteiger partial charge is 0.481 e. The summed E-state index contributed by atoms with van der Waals surface area (Å²) in [5.41, 5.74) is 1.15. The number of likely N-dealkylation sites (tertiary alicyclic amines) is 1. The number of aryl methyl sites for hydroxylation is 1. The van der Waals surface area contributed by atoms with Crippen LogP contribution in [0.15, 0.2) is 41.9 Å². The minimum atomic E-state index is -0.879. The summed E-state index contributed by atoms with van der Waals surface area (Å²) in [6.07, 6.45) is 8.13. The van der Waals surface area contributed by atoms with E-state index in [0.29, 0.717) is 42.3 Å². The highest BCUT2D eigenvalue weighted by Crippen LogP contribution is 2.44. The number of fused-ring (bicyclic) bond motifs is 1. The molecule has 11 heteroatoms. The van der Waals surface area contributed by atoms with Crippen LogP contribution in [0.3, 0.4) is 0 Å². The number of halogens is 1. The van der Waals surface area contributed by atoms with Crippen LogP contribution in [-0.4, -0.2) is 102 Å². The lowest BCUT2D eigenvalue weighted by Crippen LogP contribution is -2.53. The van der Waals surface area contributed by atoms with Crippen molar-refractivity contribution in [2.75, 3.05) is 51.5 Å². The van der Waals surface area contributed by atoms with E-state index in [1.54, 1.807) is 19.1 Å². The quantitative estimate of drug-likeness (QED) is 0.311. The molecule has 6 atom stereocenters. The molecule has 3 heterocycles. The highest BCUT2D eigenvalue weighted by molar-refractivity contribution is 5.95. The van der Waals surface area contributed by atoms with Crippen LogP contribution in [0.4, 0.5) is 10.1 Å². The van der Waals surface area contributed by atoms with Crippen LogP contribution < -0.4 is 4.90 Å². The van der Waals surface area contributed by atoms with E-state index in [1.807, 2.05) is 33.9 Å². The number of aliphatic hydroxyl groups excluding tert-OH is 1. The zero-order valence-electron chi connectivity index (χ0n) is 28.6. The molecule has 260 valence electrons. The first-order valence-corrected chi connectivity index (χ1v) is 17.4. The molecule has 1 aromatic rings. The molecule has 5 rings (SSSR count). The first-order valence-electron chi connectivity index (χ1n) is 17.4. The van der Waals surface area contributed by atoms with Crippen molar-refractivity contribution in [1.82, 2.24) is 14.7 Å². The summed E-state index contributed by atoms with van der Waals surface area (Å²) in [4.78, 5) is 35.5. The molecular weight excluding hydrogens is 603 g/mol. The Bertz CT molecular complexity index is 1330. The topological polar surface area (TPSA) is 106 Å². The number of carbonyl (C=O) groups excluding carboxylic acids is 1. The molecule has 3 aliphatic heterocycles. The lowest BCUT2D eigenvalue weighted by atomic mass is 9.73. The normalized spacial score (nSPS) is 28.4. The summed E-state index contributed by atoms with van der Waals surface area (Å²) in [5.74, 6) is -1.04. The third-order valence-electron chi connectivity index (χ3n) is 10.6. The summed E-state index contributed by atoms with van der Waals surface area (Å²) in [6.45, 7) is 10.6. The highest BCUT2D eigenvalue weighted by atomic mass is 19.1. The number of carboxylic acids is 1. The number of carboxylic acid groups (broad SMARTS) is 1. The predicted octanol–water partition coefficient (Wildman–Crippen LogP) is 4.78. The van der Waals surface area contributed by atoms with E-state index in [1.165, 1.54) is 6.07 Å². The molecule has 3 unspecified atom stereocenters. The van der Waals surface area contributed by atoms with Crippen molar-refractivity contribution in [2.45, 2.75) is 84.7 Å². The van der Waals surface area contributed by atoms with E-state index >= 15 is 0 Å². The van der Waals surface area contributed by atoms with Gasteiger partial charge < -0.3 is 24.6 Å². The Labute approximate surface area is 278 Å². The fraction of sp³-hybridized carbons (Fsp3) is 0.667. The SMILES string of the molecule is CCCC(CCC)N(C(=O)CN1C[C@H](C2C=C3OCOC3=CC2C)[C@@H](C(=O)O)[C@@H]1CCN1CCCN(C)C1O)c1ccc(F)c(C)c1. The molecule has 1 aliphatic carbocycles. The Morgan fingerprint density at radius 2 is 1.79 bits per heavy atom. The molecule has 47 heavy (non-hydrogen) atoms. The highest BCUT2D eigenvalue weighted by Gasteiger charge is 2.51. The number of nitrogens with zero attached hydrogens (tertiary/aromatic N) is 4. The average Bonchev–Trinajstić information content (AvgIpc) is 3.63. The molecule has 0 spiro atoms. The van der Waals surface area contributed by atoms with Crippen LogP contribution in [0.2, 0.25) is 0 Å². The maximum Gasteiger partial charge on any atom is 0.308 e. The van der Waals surface area contributed by atoms with E-state index in [2.05, 4.69) is 25.7 Å². The van der Waals surface area contributed by atoms with Crippen molar-refractivity contribution in [1.29, 1.82) is 0 Å². The zero-order chi connectivity index (χ0) is 33.8. The number of amides is 1. The maximum absolute atomic E-state index is 14.5. The van der Waals surface area contributed by atoms with Gasteiger partial charge in [-0.25, -0.2) is 4.39 Å². The Morgan fingerprint density at radius 3 is 2.45 bits per heavy atom. The number of allylic oxidation sites excluding steroid dienone is 2. The van der Waals surface area contributed by atoms with Crippen molar-refractivity contribution in [3.05, 3.63) is 53.3 Å². The number of rotatable bonds is 13. The van der Waals surface area contributed by atoms with Gasteiger partial charge in [0.15, 0.2) is 17.9 Å². The summed E-state index contributed by atoms with van der Waals surface area (Å²) in [6, 6.07) is 4.36. The van der Waals surface area contributed by atoms with Crippen molar-refractivity contribution < 1.29 is 33.7 Å². The van der Waals surface area contributed by atoms with Gasteiger partial charge in [-0.3, -0.25) is 24.3 Å². The van der Waals surface area contributed by atoms with E-state index in [4.69, 9.17) is 9.47 Å². The van der Waals surface area contributed by atoms with Crippen molar-refractivity contribution >= 4 is 17.6 Å². The van der Waals surface area contributed by atoms with Crippen molar-refractivity contribution in [2.24, 2.45) is 23.7 Å². The molecule has 0 saturated carbocycles. The number of hydrogen-bond donors (Lipinski definition) is 2. The maximum atomic E-state index is 14.5. The van der Waals surface area contributed by atoms with Gasteiger partial charge in [0, 0.05) is 44.0 Å². The third kappa shape index (κ3) is 7.69. The van der Waals surface area contributed by atoms with Gasteiger partial charge in [-0.15, -0.1) is 0 Å². The van der Waals surface area contributed by atoms with Crippen LogP contribution in [0.1, 0.15) is 64.9 Å². The lowest BCUT2D eigenvalue weighted by Gasteiger charge is -2.40. The summed E-state index contributed by atoms with van der Waals surface area (Å²) in [5, 5.41) is 21.7. The molecule has 4 aliphatic rings. The number of hydrogen-bond acceptors (Lipinski definition) is 8. The number of carbonyl (C=O) groups is 2. The molecule has 0 aromatic heterocycles. The summed E-state index contributed by atoms with van der Waals surface area (Å²) < 4.78 is 25.7. The van der Waals surface area contributed by atoms with Crippen LogP contribution >= 0.6 is 0 Å². The molecule has 0 radical (unpaired) electrons. The van der Waals surface area contributed by atoms with Gasteiger partial charge in [0.05, 0.1) is 12.5 Å². The first-order chi connectivity index (χ1) is 22.5. The summed E-state index contributed by atoms with van der Waals surface area (Å²) in [7, 11) is 1.89. The van der Waals surface area contributed by atoms with Gasteiger partial charge in [0.25, 0.3) is 0 Å². The standard InChI is InChI=1S/C36H53FN4O6/c1-6-9-25(10-7-2)41(26-11-12-29(37)24(4)17-26)33(42)21-40-20-28(27-19-32-31(18-23(27)3)46-22-47-32)34(35(43)44)30(40)13-16-39-15-8-14-38(5)36(39)45/h11-12,17-19,23,25,27-28,30,34,36,45H,6-10,13-16,20-22H2,1-5H3,(H,43,44)/t23?,27?,28-,30+,34-,36?/m1/s1. The molecular formula is C36H53FN4O6. The second kappa shape index (κ2) is 15.5. The molecule has 10 nitrogen and oxygen atoms in total. The van der Waals surface area contributed by atoms with Gasteiger partial charge in [0.2, 0.25) is 12.7 Å². The van der Waals surface area contributed by atoms with Gasteiger partial charge in [-0.1, -0.05) is 33.6 Å². The smallest absolute Gasteiger partial charge is 0.308 e. The minimum absolute atomic E-state index is 0.0216. The number of anilines is 1. The Balaban J connectivity index is 1.47. The molecule has 3 saturated heterocycles. The number of benzene rings is 1. The predicted molar refractivity (Wildman–Crippen MR) is 178 cm³/mol.